The van der Waals surface area contributed by atoms with Crippen LogP contribution in [0.3, 0.4) is 0 Å². The van der Waals surface area contributed by atoms with E-state index in [4.69, 9.17) is 28.9 Å². The van der Waals surface area contributed by atoms with Crippen LogP contribution in [0.25, 0.3) is 11.3 Å². The second-order valence-corrected chi connectivity index (χ2v) is 6.32. The van der Waals surface area contributed by atoms with Gasteiger partial charge in [-0.25, -0.2) is 9.97 Å². The number of aryl methyl sites for hydroxylation is 1. The summed E-state index contributed by atoms with van der Waals surface area (Å²) < 4.78 is 0. The lowest BCUT2D eigenvalue weighted by Gasteiger charge is -2.06. The molecule has 0 aliphatic carbocycles. The quantitative estimate of drug-likeness (QED) is 0.648. The lowest BCUT2D eigenvalue weighted by atomic mass is 10.1. The third-order valence-corrected chi connectivity index (χ3v) is 4.23. The van der Waals surface area contributed by atoms with Crippen LogP contribution in [0.2, 0.25) is 10.0 Å². The standard InChI is InChI=1S/C17H15Cl2N5O/c1-9-6-23-17(20)24-15(9)11-4-14(21-8-11)16(25)22-7-10-2-3-12(18)5-13(10)19/h2-6,8,21H,7H2,1H3,(H,22,25)(H2,20,23,24). The van der Waals surface area contributed by atoms with Crippen LogP contribution in [0, 0.1) is 6.92 Å². The summed E-state index contributed by atoms with van der Waals surface area (Å²) >= 11 is 12.0. The second-order valence-electron chi connectivity index (χ2n) is 5.48. The smallest absolute Gasteiger partial charge is 0.267 e. The van der Waals surface area contributed by atoms with E-state index in [0.29, 0.717) is 28.0 Å². The number of H-pyrrole nitrogens is 1. The lowest BCUT2D eigenvalue weighted by molar-refractivity contribution is 0.0946. The van der Waals surface area contributed by atoms with Gasteiger partial charge in [-0.3, -0.25) is 4.79 Å². The number of rotatable bonds is 4. The molecule has 8 heteroatoms. The van der Waals surface area contributed by atoms with Crippen LogP contribution in [0.15, 0.2) is 36.7 Å². The number of nitrogens with two attached hydrogens (primary N) is 1. The van der Waals surface area contributed by atoms with E-state index >= 15 is 0 Å². The van der Waals surface area contributed by atoms with E-state index < -0.39 is 0 Å². The first-order valence-corrected chi connectivity index (χ1v) is 8.19. The number of halogens is 2. The Hall–Kier alpha value is -2.57. The maximum Gasteiger partial charge on any atom is 0.267 e. The van der Waals surface area contributed by atoms with Crippen LogP contribution in [0.5, 0.6) is 0 Å². The molecule has 6 nitrogen and oxygen atoms in total. The number of hydrogen-bond donors (Lipinski definition) is 3. The van der Waals surface area contributed by atoms with Crippen molar-refractivity contribution in [2.75, 3.05) is 5.73 Å². The van der Waals surface area contributed by atoms with Crippen molar-refractivity contribution in [3.05, 3.63) is 63.5 Å². The minimum absolute atomic E-state index is 0.185. The van der Waals surface area contributed by atoms with E-state index in [2.05, 4.69) is 20.3 Å². The van der Waals surface area contributed by atoms with Crippen molar-refractivity contribution in [3.8, 4) is 11.3 Å². The van der Waals surface area contributed by atoms with E-state index in [0.717, 1.165) is 16.7 Å². The van der Waals surface area contributed by atoms with Crippen molar-refractivity contribution in [2.45, 2.75) is 13.5 Å². The molecule has 0 atom stereocenters. The van der Waals surface area contributed by atoms with Gasteiger partial charge in [0.2, 0.25) is 5.95 Å². The Kier molecular flexibility index (Phi) is 4.92. The molecule has 1 aromatic carbocycles. The van der Waals surface area contributed by atoms with Crippen LogP contribution < -0.4 is 11.1 Å². The fraction of sp³-hybridized carbons (Fsp3) is 0.118. The molecule has 0 aliphatic rings. The van der Waals surface area contributed by atoms with Crippen LogP contribution in [0.4, 0.5) is 5.95 Å². The summed E-state index contributed by atoms with van der Waals surface area (Å²) in [7, 11) is 0. The van der Waals surface area contributed by atoms with Gasteiger partial charge >= 0.3 is 0 Å². The number of nitrogens with one attached hydrogen (secondary N) is 2. The number of anilines is 1. The van der Waals surface area contributed by atoms with Gasteiger partial charge in [0.15, 0.2) is 0 Å². The lowest BCUT2D eigenvalue weighted by Crippen LogP contribution is -2.23. The highest BCUT2D eigenvalue weighted by Crippen LogP contribution is 2.23. The Morgan fingerprint density at radius 1 is 1.32 bits per heavy atom. The second kappa shape index (κ2) is 7.13. The largest absolute Gasteiger partial charge is 0.368 e. The molecule has 0 aliphatic heterocycles. The van der Waals surface area contributed by atoms with E-state index in [1.807, 2.05) is 6.92 Å². The SMILES string of the molecule is Cc1cnc(N)nc1-c1c[nH]c(C(=O)NCc2ccc(Cl)cc2Cl)c1. The molecule has 0 radical (unpaired) electrons. The fourth-order valence-corrected chi connectivity index (χ4v) is 2.82. The molecular formula is C17H15Cl2N5O. The first-order chi connectivity index (χ1) is 11.9. The summed E-state index contributed by atoms with van der Waals surface area (Å²) in [5.41, 5.74) is 9.15. The Morgan fingerprint density at radius 3 is 2.88 bits per heavy atom. The van der Waals surface area contributed by atoms with E-state index in [9.17, 15) is 4.79 Å². The molecule has 3 aromatic rings. The van der Waals surface area contributed by atoms with Gasteiger partial charge in [0, 0.05) is 34.5 Å². The molecule has 0 saturated carbocycles. The summed E-state index contributed by atoms with van der Waals surface area (Å²) in [6.45, 7) is 2.17. The van der Waals surface area contributed by atoms with Crippen molar-refractivity contribution in [2.24, 2.45) is 0 Å². The molecule has 0 unspecified atom stereocenters. The molecule has 0 bridgehead atoms. The summed E-state index contributed by atoms with van der Waals surface area (Å²) in [5, 5.41) is 3.87. The highest BCUT2D eigenvalue weighted by molar-refractivity contribution is 6.35. The van der Waals surface area contributed by atoms with E-state index in [1.165, 1.54) is 0 Å². The van der Waals surface area contributed by atoms with Crippen LogP contribution in [0.1, 0.15) is 21.6 Å². The maximum absolute atomic E-state index is 12.3. The number of carbonyl (C=O) groups excluding carboxylic acids is 1. The normalized spacial score (nSPS) is 10.7. The Morgan fingerprint density at radius 2 is 2.12 bits per heavy atom. The van der Waals surface area contributed by atoms with Gasteiger partial charge < -0.3 is 16.0 Å². The average molecular weight is 376 g/mol. The molecule has 3 rings (SSSR count). The van der Waals surface area contributed by atoms with Gasteiger partial charge in [-0.15, -0.1) is 0 Å². The molecule has 4 N–H and O–H groups in total. The Bertz CT molecular complexity index is 939. The zero-order valence-electron chi connectivity index (χ0n) is 13.3. The molecule has 0 saturated heterocycles. The first-order valence-electron chi connectivity index (χ1n) is 7.44. The fourth-order valence-electron chi connectivity index (χ4n) is 2.35. The Labute approximate surface area is 154 Å². The summed E-state index contributed by atoms with van der Waals surface area (Å²) in [5.74, 6) is -0.0675. The van der Waals surface area contributed by atoms with Gasteiger partial charge in [0.1, 0.15) is 5.69 Å². The van der Waals surface area contributed by atoms with Crippen molar-refractivity contribution in [3.63, 3.8) is 0 Å². The van der Waals surface area contributed by atoms with Crippen LogP contribution in [-0.2, 0) is 6.54 Å². The zero-order valence-corrected chi connectivity index (χ0v) is 14.8. The monoisotopic (exact) mass is 375 g/mol. The summed E-state index contributed by atoms with van der Waals surface area (Å²) in [6.07, 6.45) is 3.35. The topological polar surface area (TPSA) is 96.7 Å². The zero-order chi connectivity index (χ0) is 18.0. The number of benzene rings is 1. The summed E-state index contributed by atoms with van der Waals surface area (Å²) in [4.78, 5) is 23.4. The number of aromatic nitrogens is 3. The van der Waals surface area contributed by atoms with Crippen LogP contribution in [-0.4, -0.2) is 20.9 Å². The third-order valence-electron chi connectivity index (χ3n) is 3.65. The highest BCUT2D eigenvalue weighted by atomic mass is 35.5. The van der Waals surface area contributed by atoms with Crippen molar-refractivity contribution >= 4 is 35.1 Å². The molecule has 0 spiro atoms. The highest BCUT2D eigenvalue weighted by Gasteiger charge is 2.13. The molecule has 2 aromatic heterocycles. The van der Waals surface area contributed by atoms with Gasteiger partial charge in [-0.05, 0) is 36.2 Å². The number of nitrogen functional groups attached to an aromatic ring is 1. The molecule has 1 amide bonds. The van der Waals surface area contributed by atoms with Crippen molar-refractivity contribution in [1.29, 1.82) is 0 Å². The van der Waals surface area contributed by atoms with Gasteiger partial charge in [0.25, 0.3) is 5.91 Å². The van der Waals surface area contributed by atoms with Gasteiger partial charge in [0.05, 0.1) is 5.69 Å². The van der Waals surface area contributed by atoms with Gasteiger partial charge in [-0.1, -0.05) is 29.3 Å². The van der Waals surface area contributed by atoms with E-state index in [1.54, 1.807) is 36.7 Å². The molecule has 0 fully saturated rings. The number of hydrogen-bond acceptors (Lipinski definition) is 4. The Balaban J connectivity index is 1.73. The predicted octanol–water partition coefficient (Wildman–Crippen LogP) is 3.60. The molecule has 25 heavy (non-hydrogen) atoms. The number of aromatic amines is 1. The third kappa shape index (κ3) is 3.92. The first kappa shape index (κ1) is 17.3. The predicted molar refractivity (Wildman–Crippen MR) is 98.6 cm³/mol. The number of carbonyl (C=O) groups is 1. The molecule has 2 heterocycles. The van der Waals surface area contributed by atoms with Crippen molar-refractivity contribution < 1.29 is 4.79 Å². The minimum Gasteiger partial charge on any atom is -0.368 e. The maximum atomic E-state index is 12.3. The van der Waals surface area contributed by atoms with E-state index in [-0.39, 0.29) is 11.9 Å². The number of amides is 1. The van der Waals surface area contributed by atoms with Gasteiger partial charge in [-0.2, -0.15) is 0 Å². The minimum atomic E-state index is -0.253. The average Bonchev–Trinajstić information content (AvgIpc) is 3.06. The number of nitrogens with zero attached hydrogens (tertiary/aromatic N) is 2. The van der Waals surface area contributed by atoms with Crippen molar-refractivity contribution in [1.82, 2.24) is 20.3 Å². The molecule has 128 valence electrons. The summed E-state index contributed by atoms with van der Waals surface area (Å²) in [6, 6.07) is 6.86. The molecular weight excluding hydrogens is 361 g/mol. The van der Waals surface area contributed by atoms with Crippen LogP contribution >= 0.6 is 23.2 Å².